The number of benzene rings is 1. The molecule has 9 heteroatoms. The SMILES string of the molecule is NC1CCN(CC(COc2ccc(Cl)cc2)OC(=O)C(F)(F)F)CC1. The van der Waals surface area contributed by atoms with Crippen molar-refractivity contribution in [3.05, 3.63) is 29.3 Å². The second-order valence-electron chi connectivity index (χ2n) is 5.93. The van der Waals surface area contributed by atoms with Crippen molar-refractivity contribution >= 4 is 17.6 Å². The van der Waals surface area contributed by atoms with Gasteiger partial charge in [0.1, 0.15) is 18.5 Å². The highest BCUT2D eigenvalue weighted by Crippen LogP contribution is 2.20. The van der Waals surface area contributed by atoms with Gasteiger partial charge in [-0.3, -0.25) is 4.90 Å². The average molecular weight is 381 g/mol. The van der Waals surface area contributed by atoms with Crippen LogP contribution in [0.1, 0.15) is 12.8 Å². The number of esters is 1. The molecule has 0 bridgehead atoms. The first-order valence-corrected chi connectivity index (χ1v) is 8.26. The molecule has 0 spiro atoms. The van der Waals surface area contributed by atoms with Crippen LogP contribution in [0.4, 0.5) is 13.2 Å². The molecule has 25 heavy (non-hydrogen) atoms. The van der Waals surface area contributed by atoms with Gasteiger partial charge in [0.05, 0.1) is 0 Å². The number of halogens is 4. The second-order valence-corrected chi connectivity index (χ2v) is 6.36. The standard InChI is InChI=1S/C16H20ClF3N2O3/c17-11-1-3-13(4-2-11)24-10-14(25-15(23)16(18,19)20)9-22-7-5-12(21)6-8-22/h1-4,12,14H,5-10,21H2. The molecule has 140 valence electrons. The lowest BCUT2D eigenvalue weighted by molar-refractivity contribution is -0.206. The number of carbonyl (C=O) groups excluding carboxylic acids is 1. The zero-order valence-corrected chi connectivity index (χ0v) is 14.2. The topological polar surface area (TPSA) is 64.8 Å². The van der Waals surface area contributed by atoms with Gasteiger partial charge in [-0.15, -0.1) is 0 Å². The summed E-state index contributed by atoms with van der Waals surface area (Å²) in [6, 6.07) is 6.47. The number of carbonyl (C=O) groups is 1. The van der Waals surface area contributed by atoms with Crippen molar-refractivity contribution in [2.24, 2.45) is 5.73 Å². The number of nitrogens with zero attached hydrogens (tertiary/aromatic N) is 1. The van der Waals surface area contributed by atoms with Gasteiger partial charge in [0.2, 0.25) is 0 Å². The molecule has 2 rings (SSSR count). The Balaban J connectivity index is 1.95. The normalized spacial score (nSPS) is 18.0. The van der Waals surface area contributed by atoms with E-state index in [-0.39, 0.29) is 19.2 Å². The lowest BCUT2D eigenvalue weighted by Crippen LogP contribution is -2.46. The highest BCUT2D eigenvalue weighted by atomic mass is 35.5. The van der Waals surface area contributed by atoms with E-state index < -0.39 is 18.2 Å². The molecule has 0 aromatic heterocycles. The van der Waals surface area contributed by atoms with Crippen LogP contribution in [0, 0.1) is 0 Å². The number of rotatable bonds is 6. The van der Waals surface area contributed by atoms with Crippen molar-refractivity contribution < 1.29 is 27.4 Å². The average Bonchev–Trinajstić information content (AvgIpc) is 2.55. The summed E-state index contributed by atoms with van der Waals surface area (Å²) in [5.41, 5.74) is 5.82. The molecular formula is C16H20ClF3N2O3. The van der Waals surface area contributed by atoms with Crippen LogP contribution in [-0.2, 0) is 9.53 Å². The molecule has 2 N–H and O–H groups in total. The van der Waals surface area contributed by atoms with Crippen molar-refractivity contribution in [3.63, 3.8) is 0 Å². The van der Waals surface area contributed by atoms with Crippen LogP contribution in [-0.4, -0.2) is 55.4 Å². The molecule has 1 heterocycles. The Labute approximate surface area is 148 Å². The molecule has 1 aromatic rings. The molecule has 0 saturated carbocycles. The van der Waals surface area contributed by atoms with Crippen LogP contribution < -0.4 is 10.5 Å². The number of nitrogens with two attached hydrogens (primary N) is 1. The number of hydrogen-bond acceptors (Lipinski definition) is 5. The molecule has 0 aliphatic carbocycles. The van der Waals surface area contributed by atoms with Gasteiger partial charge in [-0.1, -0.05) is 11.6 Å². The predicted octanol–water partition coefficient (Wildman–Crippen LogP) is 2.62. The molecule has 1 aliphatic rings. The zero-order valence-electron chi connectivity index (χ0n) is 13.5. The molecule has 1 unspecified atom stereocenters. The molecule has 5 nitrogen and oxygen atoms in total. The quantitative estimate of drug-likeness (QED) is 0.768. The Morgan fingerprint density at radius 3 is 2.44 bits per heavy atom. The van der Waals surface area contributed by atoms with Crippen molar-refractivity contribution in [1.29, 1.82) is 0 Å². The molecule has 1 atom stereocenters. The van der Waals surface area contributed by atoms with Crippen LogP contribution in [0.5, 0.6) is 5.75 Å². The number of ether oxygens (including phenoxy) is 2. The maximum Gasteiger partial charge on any atom is 0.490 e. The minimum atomic E-state index is -5.04. The Kier molecular flexibility index (Phi) is 6.92. The van der Waals surface area contributed by atoms with Gasteiger partial charge in [0.25, 0.3) is 0 Å². The van der Waals surface area contributed by atoms with E-state index in [2.05, 4.69) is 4.74 Å². The Morgan fingerprint density at radius 1 is 1.28 bits per heavy atom. The number of piperidine rings is 1. The summed E-state index contributed by atoms with van der Waals surface area (Å²) in [6.07, 6.45) is -4.59. The Bertz CT molecular complexity index is 561. The summed E-state index contributed by atoms with van der Waals surface area (Å²) in [6.45, 7) is 1.25. The maximum atomic E-state index is 12.5. The van der Waals surface area contributed by atoms with Crippen LogP contribution >= 0.6 is 11.6 Å². The fourth-order valence-corrected chi connectivity index (χ4v) is 2.61. The monoisotopic (exact) mass is 380 g/mol. The summed E-state index contributed by atoms with van der Waals surface area (Å²) >= 11 is 5.77. The summed E-state index contributed by atoms with van der Waals surface area (Å²) < 4.78 is 47.5. The van der Waals surface area contributed by atoms with Crippen LogP contribution in [0.2, 0.25) is 5.02 Å². The molecule has 1 aliphatic heterocycles. The van der Waals surface area contributed by atoms with Crippen molar-refractivity contribution in [2.75, 3.05) is 26.2 Å². The van der Waals surface area contributed by atoms with Gasteiger partial charge in [-0.05, 0) is 50.2 Å². The summed E-state index contributed by atoms with van der Waals surface area (Å²) in [4.78, 5) is 13.1. The third kappa shape index (κ3) is 6.72. The van der Waals surface area contributed by atoms with Gasteiger partial charge in [-0.2, -0.15) is 13.2 Å². The van der Waals surface area contributed by atoms with Crippen LogP contribution in [0.15, 0.2) is 24.3 Å². The molecule has 1 aromatic carbocycles. The van der Waals surface area contributed by atoms with E-state index in [1.165, 1.54) is 0 Å². The smallest absolute Gasteiger partial charge is 0.490 e. The Hall–Kier alpha value is -1.51. The minimum Gasteiger partial charge on any atom is -0.490 e. The van der Waals surface area contributed by atoms with E-state index in [0.29, 0.717) is 23.9 Å². The maximum absolute atomic E-state index is 12.5. The number of likely N-dealkylation sites (tertiary alicyclic amines) is 1. The first-order valence-electron chi connectivity index (χ1n) is 7.88. The Morgan fingerprint density at radius 2 is 1.88 bits per heavy atom. The van der Waals surface area contributed by atoms with Crippen molar-refractivity contribution in [1.82, 2.24) is 4.90 Å². The number of hydrogen-bond donors (Lipinski definition) is 1. The van der Waals surface area contributed by atoms with Crippen molar-refractivity contribution in [3.8, 4) is 5.75 Å². The van der Waals surface area contributed by atoms with Gasteiger partial charge in [0.15, 0.2) is 0 Å². The lowest BCUT2D eigenvalue weighted by Gasteiger charge is -2.32. The van der Waals surface area contributed by atoms with E-state index >= 15 is 0 Å². The largest absolute Gasteiger partial charge is 0.490 e. The van der Waals surface area contributed by atoms with Crippen molar-refractivity contribution in [2.45, 2.75) is 31.2 Å². The van der Waals surface area contributed by atoms with Crippen LogP contribution in [0.25, 0.3) is 0 Å². The summed E-state index contributed by atoms with van der Waals surface area (Å²) in [5, 5.41) is 0.511. The third-order valence-electron chi connectivity index (χ3n) is 3.85. The summed E-state index contributed by atoms with van der Waals surface area (Å²) in [5.74, 6) is -1.79. The fraction of sp³-hybridized carbons (Fsp3) is 0.562. The highest BCUT2D eigenvalue weighted by Gasteiger charge is 2.42. The second kappa shape index (κ2) is 8.73. The predicted molar refractivity (Wildman–Crippen MR) is 86.5 cm³/mol. The number of alkyl halides is 3. The third-order valence-corrected chi connectivity index (χ3v) is 4.10. The minimum absolute atomic E-state index is 0.0951. The van der Waals surface area contributed by atoms with Gasteiger partial charge >= 0.3 is 12.1 Å². The first kappa shape index (κ1) is 19.8. The van der Waals surface area contributed by atoms with Gasteiger partial charge < -0.3 is 15.2 Å². The molecule has 0 amide bonds. The zero-order chi connectivity index (χ0) is 18.4. The van der Waals surface area contributed by atoms with Crippen LogP contribution in [0.3, 0.4) is 0 Å². The van der Waals surface area contributed by atoms with Gasteiger partial charge in [-0.25, -0.2) is 4.79 Å². The molecule has 0 radical (unpaired) electrons. The van der Waals surface area contributed by atoms with E-state index in [9.17, 15) is 18.0 Å². The van der Waals surface area contributed by atoms with E-state index in [1.807, 2.05) is 4.90 Å². The van der Waals surface area contributed by atoms with E-state index in [0.717, 1.165) is 12.8 Å². The molecule has 1 fully saturated rings. The molecule has 1 saturated heterocycles. The highest BCUT2D eigenvalue weighted by molar-refractivity contribution is 6.30. The fourth-order valence-electron chi connectivity index (χ4n) is 2.49. The summed E-state index contributed by atoms with van der Waals surface area (Å²) in [7, 11) is 0. The van der Waals surface area contributed by atoms with E-state index in [1.54, 1.807) is 24.3 Å². The van der Waals surface area contributed by atoms with Gasteiger partial charge in [0, 0.05) is 17.6 Å². The van der Waals surface area contributed by atoms with E-state index in [4.69, 9.17) is 22.1 Å². The lowest BCUT2D eigenvalue weighted by atomic mass is 10.1. The first-order chi connectivity index (χ1) is 11.7. The molecular weight excluding hydrogens is 361 g/mol.